The summed E-state index contributed by atoms with van der Waals surface area (Å²) in [5.74, 6) is -1.76. The Bertz CT molecular complexity index is 1310. The van der Waals surface area contributed by atoms with Gasteiger partial charge in [-0.1, -0.05) is 81.6 Å². The summed E-state index contributed by atoms with van der Waals surface area (Å²) >= 11 is 0. The van der Waals surface area contributed by atoms with Gasteiger partial charge in [0.2, 0.25) is 17.7 Å². The highest BCUT2D eigenvalue weighted by molar-refractivity contribution is 5.96. The number of carbonyl (C=O) groups excluding carboxylic acids is 3. The maximum atomic E-state index is 14.8. The minimum Gasteiger partial charge on any atom is -0.480 e. The van der Waals surface area contributed by atoms with Gasteiger partial charge in [0.05, 0.1) is 6.04 Å². The van der Waals surface area contributed by atoms with Crippen LogP contribution in [0, 0.1) is 27.1 Å². The molecule has 49 heavy (non-hydrogen) atoms. The molecule has 0 radical (unpaired) electrons. The Morgan fingerprint density at radius 1 is 0.939 bits per heavy atom. The third-order valence-electron chi connectivity index (χ3n) is 12.9. The predicted molar refractivity (Wildman–Crippen MR) is 193 cm³/mol. The Hall–Kier alpha value is -2.69. The molecular formula is C38H66N6O5. The average molecular weight is 687 g/mol. The number of rotatable bonds is 11. The molecule has 2 aliphatic heterocycles. The van der Waals surface area contributed by atoms with E-state index in [9.17, 15) is 24.3 Å². The number of nitrogens with zero attached hydrogens (tertiary/aromatic N) is 3. The number of fused-ring (bicyclic) bond motifs is 1. The van der Waals surface area contributed by atoms with Crippen LogP contribution in [0.3, 0.4) is 0 Å². The summed E-state index contributed by atoms with van der Waals surface area (Å²) in [5.41, 5.74) is 5.18. The van der Waals surface area contributed by atoms with E-state index in [-0.39, 0.29) is 34.1 Å². The summed E-state index contributed by atoms with van der Waals surface area (Å²) in [6.45, 7) is 23.6. The van der Waals surface area contributed by atoms with E-state index in [1.54, 1.807) is 4.90 Å². The number of amides is 3. The third kappa shape index (κ3) is 6.98. The molecule has 11 heteroatoms. The van der Waals surface area contributed by atoms with Crippen molar-refractivity contribution in [1.29, 1.82) is 0 Å². The first-order valence-electron chi connectivity index (χ1n) is 18.8. The van der Waals surface area contributed by atoms with Gasteiger partial charge in [0.15, 0.2) is 0 Å². The molecular weight excluding hydrogens is 620 g/mol. The molecule has 2 spiro atoms. The maximum Gasteiger partial charge on any atom is 0.326 e. The summed E-state index contributed by atoms with van der Waals surface area (Å²) in [5, 5.41) is 15.7. The molecule has 11 nitrogen and oxygen atoms in total. The monoisotopic (exact) mass is 687 g/mol. The second kappa shape index (κ2) is 13.8. The van der Waals surface area contributed by atoms with E-state index < -0.39 is 46.9 Å². The summed E-state index contributed by atoms with van der Waals surface area (Å²) in [6.07, 6.45) is 7.67. The van der Waals surface area contributed by atoms with Crippen LogP contribution in [-0.2, 0) is 19.2 Å². The van der Waals surface area contributed by atoms with Gasteiger partial charge in [0.25, 0.3) is 0 Å². The molecule has 4 rings (SSSR count). The molecule has 4 fully saturated rings. The lowest BCUT2D eigenvalue weighted by Crippen LogP contribution is -2.60. The standard InChI is InChI=1S/C38H66N6O5/c1-12-16-24(33(48)49)40-30(45)26-21-38(36(10,11)37(38)18-15-19-37)22-44(26)32(47)28(35(7,8)9)42-31(46)27(34(4,5)6)41-29(39)25-17-13-14-20-43(25)23(2)3/h23-28H,12-22H2,1-11H3,(H2,39,41)(H,40,45)(H,42,46)(H,48,49)/t24-,25-,26+,27?,28+,38?/m1/s1. The predicted octanol–water partition coefficient (Wildman–Crippen LogP) is 4.72. The number of aliphatic carboxylic acids is 1. The lowest BCUT2D eigenvalue weighted by atomic mass is 9.73. The molecule has 278 valence electrons. The van der Waals surface area contributed by atoms with Crippen molar-refractivity contribution in [1.82, 2.24) is 20.4 Å². The summed E-state index contributed by atoms with van der Waals surface area (Å²) in [4.78, 5) is 64.1. The van der Waals surface area contributed by atoms with Gasteiger partial charge < -0.3 is 26.4 Å². The fourth-order valence-corrected chi connectivity index (χ4v) is 9.68. The quantitative estimate of drug-likeness (QED) is 0.181. The van der Waals surface area contributed by atoms with Gasteiger partial charge in [-0.25, -0.2) is 4.79 Å². The number of hydrogen-bond donors (Lipinski definition) is 4. The number of carboxylic acid groups (broad SMARTS) is 1. The van der Waals surface area contributed by atoms with Crippen molar-refractivity contribution in [3.63, 3.8) is 0 Å². The van der Waals surface area contributed by atoms with E-state index in [1.807, 2.05) is 48.5 Å². The number of aliphatic imine (C=N–C) groups is 1. The number of piperidine rings is 1. The Morgan fingerprint density at radius 3 is 2.04 bits per heavy atom. The number of nitrogens with one attached hydrogen (secondary N) is 2. The normalized spacial score (nSPS) is 28.6. The van der Waals surface area contributed by atoms with E-state index in [4.69, 9.17) is 10.7 Å². The van der Waals surface area contributed by atoms with Gasteiger partial charge in [-0.15, -0.1) is 0 Å². The van der Waals surface area contributed by atoms with E-state index >= 15 is 0 Å². The fourth-order valence-electron chi connectivity index (χ4n) is 9.68. The van der Waals surface area contributed by atoms with Gasteiger partial charge in [0, 0.05) is 18.0 Å². The van der Waals surface area contributed by atoms with Crippen molar-refractivity contribution in [2.45, 2.75) is 170 Å². The number of amidine groups is 1. The van der Waals surface area contributed by atoms with Crippen LogP contribution in [0.25, 0.3) is 0 Å². The molecule has 3 amide bonds. The van der Waals surface area contributed by atoms with Crippen LogP contribution in [0.1, 0.15) is 134 Å². The summed E-state index contributed by atoms with van der Waals surface area (Å²) in [6, 6.07) is -3.39. The molecule has 0 aromatic rings. The SMILES string of the molecule is CCC[C@@H](NC(=O)[C@@H]1CC2(CN1C(=O)[C@H](NC(=O)C(N=C(N)[C@H]1CCCCN1C(C)C)C(C)(C)C)C(C)(C)C)C(C)(C)C21CCC1)C(=O)O. The molecule has 2 heterocycles. The zero-order valence-corrected chi connectivity index (χ0v) is 32.2. The highest BCUT2D eigenvalue weighted by atomic mass is 16.4. The van der Waals surface area contributed by atoms with Gasteiger partial charge in [-0.2, -0.15) is 0 Å². The first-order valence-corrected chi connectivity index (χ1v) is 18.8. The Labute approximate surface area is 295 Å². The van der Waals surface area contributed by atoms with Crippen LogP contribution in [0.2, 0.25) is 0 Å². The topological polar surface area (TPSA) is 157 Å². The van der Waals surface area contributed by atoms with E-state index in [0.29, 0.717) is 37.7 Å². The highest BCUT2D eigenvalue weighted by Crippen LogP contribution is 2.88. The summed E-state index contributed by atoms with van der Waals surface area (Å²) < 4.78 is 0. The second-order valence-corrected chi connectivity index (χ2v) is 18.5. The fraction of sp³-hybridized carbons (Fsp3) is 0.868. The highest BCUT2D eigenvalue weighted by Gasteiger charge is 2.85. The molecule has 0 aromatic carbocycles. The number of nitrogens with two attached hydrogens (primary N) is 1. The average Bonchev–Trinajstić information content (AvgIpc) is 3.20. The van der Waals surface area contributed by atoms with Crippen LogP contribution < -0.4 is 16.4 Å². The lowest BCUT2D eigenvalue weighted by molar-refractivity contribution is -0.146. The summed E-state index contributed by atoms with van der Waals surface area (Å²) in [7, 11) is 0. The Balaban J connectivity index is 1.66. The molecule has 2 saturated carbocycles. The van der Waals surface area contributed by atoms with Gasteiger partial charge >= 0.3 is 5.97 Å². The lowest BCUT2D eigenvalue weighted by Gasteiger charge is -2.39. The van der Waals surface area contributed by atoms with Crippen molar-refractivity contribution >= 4 is 29.5 Å². The van der Waals surface area contributed by atoms with E-state index in [0.717, 1.165) is 45.1 Å². The van der Waals surface area contributed by atoms with Crippen molar-refractivity contribution in [3.8, 4) is 0 Å². The van der Waals surface area contributed by atoms with Gasteiger partial charge in [-0.05, 0) is 80.6 Å². The number of hydrogen-bond acceptors (Lipinski definition) is 6. The minimum absolute atomic E-state index is 0.0467. The number of carbonyl (C=O) groups is 4. The van der Waals surface area contributed by atoms with Gasteiger partial charge in [-0.3, -0.25) is 24.3 Å². The van der Waals surface area contributed by atoms with Gasteiger partial charge in [0.1, 0.15) is 30.0 Å². The Morgan fingerprint density at radius 2 is 1.57 bits per heavy atom. The molecule has 2 aliphatic carbocycles. The molecule has 5 N–H and O–H groups in total. The van der Waals surface area contributed by atoms with Crippen LogP contribution >= 0.6 is 0 Å². The molecule has 2 unspecified atom stereocenters. The zero-order valence-electron chi connectivity index (χ0n) is 32.2. The molecule has 0 bridgehead atoms. The van der Waals surface area contributed by atoms with Crippen molar-refractivity contribution in [2.75, 3.05) is 13.1 Å². The minimum atomic E-state index is -1.08. The molecule has 4 aliphatic rings. The van der Waals surface area contributed by atoms with Crippen LogP contribution in [0.5, 0.6) is 0 Å². The van der Waals surface area contributed by atoms with Crippen LogP contribution in [-0.4, -0.2) is 93.8 Å². The van der Waals surface area contributed by atoms with Crippen molar-refractivity contribution < 1.29 is 24.3 Å². The van der Waals surface area contributed by atoms with Crippen molar-refractivity contribution in [3.05, 3.63) is 0 Å². The second-order valence-electron chi connectivity index (χ2n) is 18.5. The maximum absolute atomic E-state index is 14.8. The zero-order chi connectivity index (χ0) is 36.9. The van der Waals surface area contributed by atoms with E-state index in [1.165, 1.54) is 0 Å². The number of carboxylic acids is 1. The van der Waals surface area contributed by atoms with Crippen LogP contribution in [0.4, 0.5) is 0 Å². The first-order chi connectivity index (χ1) is 22.6. The number of likely N-dealkylation sites (tertiary alicyclic amines) is 2. The smallest absolute Gasteiger partial charge is 0.326 e. The Kier molecular flexibility index (Phi) is 11.0. The third-order valence-corrected chi connectivity index (χ3v) is 12.9. The van der Waals surface area contributed by atoms with Crippen molar-refractivity contribution in [2.24, 2.45) is 37.8 Å². The van der Waals surface area contributed by atoms with Crippen LogP contribution in [0.15, 0.2) is 4.99 Å². The first kappa shape index (κ1) is 39.1. The molecule has 6 atom stereocenters. The molecule has 0 aromatic heterocycles. The van der Waals surface area contributed by atoms with E-state index in [2.05, 4.69) is 43.2 Å². The largest absolute Gasteiger partial charge is 0.480 e. The molecule has 2 saturated heterocycles.